The first-order chi connectivity index (χ1) is 12.3. The number of rotatable bonds is 5. The van der Waals surface area contributed by atoms with Crippen LogP contribution in [-0.4, -0.2) is 30.0 Å². The molecule has 0 radical (unpaired) electrons. The zero-order valence-corrected chi connectivity index (χ0v) is 15.8. The third-order valence-electron chi connectivity index (χ3n) is 4.48. The molecule has 6 heteroatoms. The Bertz CT molecular complexity index is 830. The number of nitrogens with zero attached hydrogens (tertiary/aromatic N) is 1. The summed E-state index contributed by atoms with van der Waals surface area (Å²) in [5, 5.41) is 3.35. The highest BCUT2D eigenvalue weighted by atomic mass is 35.5. The normalized spacial score (nSPS) is 19.6. The van der Waals surface area contributed by atoms with E-state index in [0.717, 1.165) is 16.9 Å². The van der Waals surface area contributed by atoms with Gasteiger partial charge in [0.25, 0.3) is 5.91 Å². The number of carbonyl (C=O) groups excluding carboxylic acids is 2. The van der Waals surface area contributed by atoms with Gasteiger partial charge in [-0.25, -0.2) is 4.79 Å². The third kappa shape index (κ3) is 3.53. The van der Waals surface area contributed by atoms with Crippen molar-refractivity contribution in [1.82, 2.24) is 10.2 Å². The number of nitrogens with one attached hydrogen (secondary N) is 1. The lowest BCUT2D eigenvalue weighted by Crippen LogP contribution is -2.41. The Hall–Kier alpha value is -2.53. The molecular formula is C20H21ClN2O3. The average Bonchev–Trinajstić information content (AvgIpc) is 2.78. The summed E-state index contributed by atoms with van der Waals surface area (Å²) in [7, 11) is 0. The van der Waals surface area contributed by atoms with Crippen LogP contribution in [0.3, 0.4) is 0 Å². The van der Waals surface area contributed by atoms with Gasteiger partial charge < -0.3 is 10.1 Å². The second-order valence-corrected chi connectivity index (χ2v) is 7.13. The molecular weight excluding hydrogens is 352 g/mol. The summed E-state index contributed by atoms with van der Waals surface area (Å²) in [6.07, 6.45) is 0. The Morgan fingerprint density at radius 2 is 1.69 bits per heavy atom. The maximum Gasteiger partial charge on any atom is 0.325 e. The van der Waals surface area contributed by atoms with E-state index in [1.54, 1.807) is 31.2 Å². The number of ether oxygens (including phenoxy) is 1. The number of carbonyl (C=O) groups is 2. The van der Waals surface area contributed by atoms with E-state index in [-0.39, 0.29) is 19.1 Å². The van der Waals surface area contributed by atoms with Crippen molar-refractivity contribution in [2.75, 3.05) is 13.2 Å². The number of urea groups is 1. The molecule has 0 saturated carbocycles. The molecule has 1 heterocycles. The Morgan fingerprint density at radius 3 is 2.31 bits per heavy atom. The second kappa shape index (κ2) is 7.00. The van der Waals surface area contributed by atoms with E-state index in [4.69, 9.17) is 16.3 Å². The van der Waals surface area contributed by atoms with Crippen LogP contribution in [-0.2, 0) is 10.3 Å². The first-order valence-electron chi connectivity index (χ1n) is 8.41. The molecule has 2 aromatic carbocycles. The minimum absolute atomic E-state index is 0.181. The maximum atomic E-state index is 12.8. The van der Waals surface area contributed by atoms with Crippen molar-refractivity contribution >= 4 is 23.5 Å². The minimum atomic E-state index is -1.10. The highest BCUT2D eigenvalue weighted by molar-refractivity contribution is 6.30. The van der Waals surface area contributed by atoms with Gasteiger partial charge in [0.05, 0.1) is 6.54 Å². The van der Waals surface area contributed by atoms with Crippen molar-refractivity contribution in [2.24, 2.45) is 0 Å². The zero-order valence-electron chi connectivity index (χ0n) is 15.0. The van der Waals surface area contributed by atoms with Gasteiger partial charge in [-0.1, -0.05) is 29.8 Å². The van der Waals surface area contributed by atoms with Crippen LogP contribution in [0.25, 0.3) is 0 Å². The van der Waals surface area contributed by atoms with E-state index in [2.05, 4.69) is 11.4 Å². The number of imide groups is 1. The van der Waals surface area contributed by atoms with E-state index >= 15 is 0 Å². The number of halogens is 1. The lowest BCUT2D eigenvalue weighted by molar-refractivity contribution is -0.131. The molecule has 1 atom stereocenters. The van der Waals surface area contributed by atoms with Gasteiger partial charge >= 0.3 is 6.03 Å². The van der Waals surface area contributed by atoms with Crippen LogP contribution >= 0.6 is 11.6 Å². The molecule has 0 aliphatic carbocycles. The lowest BCUT2D eigenvalue weighted by Gasteiger charge is -2.22. The van der Waals surface area contributed by atoms with Crippen molar-refractivity contribution in [1.29, 1.82) is 0 Å². The van der Waals surface area contributed by atoms with Crippen molar-refractivity contribution in [3.8, 4) is 5.75 Å². The smallest absolute Gasteiger partial charge is 0.325 e. The van der Waals surface area contributed by atoms with Crippen LogP contribution in [0.2, 0.25) is 5.02 Å². The summed E-state index contributed by atoms with van der Waals surface area (Å²) in [5.41, 5.74) is 1.80. The van der Waals surface area contributed by atoms with Crippen molar-refractivity contribution in [3.05, 3.63) is 64.2 Å². The highest BCUT2D eigenvalue weighted by Gasteiger charge is 2.48. The van der Waals surface area contributed by atoms with E-state index in [0.29, 0.717) is 10.6 Å². The monoisotopic (exact) mass is 372 g/mol. The SMILES string of the molecule is Cc1cc(C)cc(OCCN2C(=O)N[C@](C)(c3ccc(Cl)cc3)C2=O)c1. The summed E-state index contributed by atoms with van der Waals surface area (Å²) in [6.45, 7) is 6.10. The predicted molar refractivity (Wildman–Crippen MR) is 100 cm³/mol. The zero-order chi connectivity index (χ0) is 18.9. The molecule has 136 valence electrons. The predicted octanol–water partition coefficient (Wildman–Crippen LogP) is 3.80. The van der Waals surface area contributed by atoms with Crippen LogP contribution in [0.15, 0.2) is 42.5 Å². The van der Waals surface area contributed by atoms with Gasteiger partial charge in [0.2, 0.25) is 0 Å². The third-order valence-corrected chi connectivity index (χ3v) is 4.73. The van der Waals surface area contributed by atoms with E-state index in [9.17, 15) is 9.59 Å². The summed E-state index contributed by atoms with van der Waals surface area (Å²) in [5.74, 6) is 0.434. The molecule has 3 rings (SSSR count). The van der Waals surface area contributed by atoms with Gasteiger partial charge in [0.1, 0.15) is 17.9 Å². The fraction of sp³-hybridized carbons (Fsp3) is 0.300. The standard InChI is InChI=1S/C20H21ClN2O3/c1-13-10-14(2)12-17(11-13)26-9-8-23-18(24)20(3,22-19(23)25)15-4-6-16(21)7-5-15/h4-7,10-12H,8-9H2,1-3H3,(H,22,25)/t20-/m1/s1. The largest absolute Gasteiger partial charge is 0.492 e. The summed E-state index contributed by atoms with van der Waals surface area (Å²) in [4.78, 5) is 26.3. The van der Waals surface area contributed by atoms with Gasteiger partial charge in [0, 0.05) is 5.02 Å². The fourth-order valence-electron chi connectivity index (χ4n) is 3.15. The molecule has 5 nitrogen and oxygen atoms in total. The number of hydrogen-bond donors (Lipinski definition) is 1. The van der Waals surface area contributed by atoms with Gasteiger partial charge in [-0.2, -0.15) is 0 Å². The molecule has 1 saturated heterocycles. The van der Waals surface area contributed by atoms with Crippen LogP contribution in [0.4, 0.5) is 4.79 Å². The maximum absolute atomic E-state index is 12.8. The second-order valence-electron chi connectivity index (χ2n) is 6.69. The molecule has 3 amide bonds. The topological polar surface area (TPSA) is 58.6 Å². The van der Waals surface area contributed by atoms with Gasteiger partial charge in [-0.3, -0.25) is 9.69 Å². The number of hydrogen-bond acceptors (Lipinski definition) is 3. The summed E-state index contributed by atoms with van der Waals surface area (Å²) < 4.78 is 5.72. The van der Waals surface area contributed by atoms with Gasteiger partial charge in [-0.05, 0) is 61.7 Å². The quantitative estimate of drug-likeness (QED) is 0.812. The molecule has 0 spiro atoms. The summed E-state index contributed by atoms with van der Waals surface area (Å²) in [6, 6.07) is 12.4. The highest BCUT2D eigenvalue weighted by Crippen LogP contribution is 2.29. The Kier molecular flexibility index (Phi) is 4.92. The number of benzene rings is 2. The van der Waals surface area contributed by atoms with Gasteiger partial charge in [-0.15, -0.1) is 0 Å². The first kappa shape index (κ1) is 18.3. The molecule has 2 aromatic rings. The number of aryl methyl sites for hydroxylation is 2. The number of amides is 3. The molecule has 0 aromatic heterocycles. The Morgan fingerprint density at radius 1 is 1.08 bits per heavy atom. The molecule has 26 heavy (non-hydrogen) atoms. The van der Waals surface area contributed by atoms with E-state index in [1.807, 2.05) is 26.0 Å². The van der Waals surface area contributed by atoms with E-state index in [1.165, 1.54) is 4.90 Å². The average molecular weight is 373 g/mol. The van der Waals surface area contributed by atoms with Crippen molar-refractivity contribution < 1.29 is 14.3 Å². The molecule has 1 fully saturated rings. The van der Waals surface area contributed by atoms with Crippen LogP contribution < -0.4 is 10.1 Å². The first-order valence-corrected chi connectivity index (χ1v) is 8.78. The van der Waals surface area contributed by atoms with Gasteiger partial charge in [0.15, 0.2) is 0 Å². The summed E-state index contributed by atoms with van der Waals surface area (Å²) >= 11 is 5.91. The van der Waals surface area contributed by atoms with Crippen molar-refractivity contribution in [3.63, 3.8) is 0 Å². The molecule has 0 bridgehead atoms. The van der Waals surface area contributed by atoms with Crippen LogP contribution in [0, 0.1) is 13.8 Å². The molecule has 0 unspecified atom stereocenters. The molecule has 1 aliphatic heterocycles. The van der Waals surface area contributed by atoms with Crippen molar-refractivity contribution in [2.45, 2.75) is 26.3 Å². The Labute approximate surface area is 157 Å². The molecule has 1 aliphatic rings. The Balaban J connectivity index is 1.68. The van der Waals surface area contributed by atoms with E-state index < -0.39 is 11.6 Å². The lowest BCUT2D eigenvalue weighted by atomic mass is 9.92. The van der Waals surface area contributed by atoms with Crippen LogP contribution in [0.5, 0.6) is 5.75 Å². The minimum Gasteiger partial charge on any atom is -0.492 e. The fourth-order valence-corrected chi connectivity index (χ4v) is 3.28. The molecule has 1 N–H and O–H groups in total. The van der Waals surface area contributed by atoms with Crippen LogP contribution in [0.1, 0.15) is 23.6 Å².